The fourth-order valence-electron chi connectivity index (χ4n) is 3.71. The Labute approximate surface area is 172 Å². The Morgan fingerprint density at radius 2 is 1.93 bits per heavy atom. The van der Waals surface area contributed by atoms with Gasteiger partial charge in [0.1, 0.15) is 5.52 Å². The van der Waals surface area contributed by atoms with Crippen molar-refractivity contribution in [3.8, 4) is 0 Å². The first-order valence-electron chi connectivity index (χ1n) is 9.60. The van der Waals surface area contributed by atoms with Crippen molar-refractivity contribution in [2.45, 2.75) is 12.8 Å². The average molecular weight is 442 g/mol. The molecule has 3 aromatic rings. The van der Waals surface area contributed by atoms with Crippen LogP contribution in [0.15, 0.2) is 46.9 Å². The number of rotatable bonds is 5. The number of halogens is 1. The van der Waals surface area contributed by atoms with Gasteiger partial charge in [0, 0.05) is 30.7 Å². The van der Waals surface area contributed by atoms with Crippen LogP contribution in [0.1, 0.15) is 22.3 Å². The van der Waals surface area contributed by atoms with Gasteiger partial charge in [-0.2, -0.15) is 0 Å². The largest absolute Gasteiger partial charge is 0.366 e. The minimum Gasteiger partial charge on any atom is -0.366 e. The normalized spacial score (nSPS) is 15.7. The van der Waals surface area contributed by atoms with Crippen LogP contribution in [0.2, 0.25) is 0 Å². The lowest BCUT2D eigenvalue weighted by molar-refractivity contribution is 0.100. The number of hydrogen-bond acceptors (Lipinski definition) is 4. The van der Waals surface area contributed by atoms with E-state index in [1.165, 1.54) is 5.56 Å². The molecule has 7 heteroatoms. The number of H-pyrrole nitrogens is 1. The number of anilines is 1. The minimum absolute atomic E-state index is 0.446. The second-order valence-corrected chi connectivity index (χ2v) is 8.10. The van der Waals surface area contributed by atoms with Crippen molar-refractivity contribution in [2.24, 2.45) is 5.73 Å². The molecular formula is C21H24BrN5O. The van der Waals surface area contributed by atoms with E-state index in [9.17, 15) is 4.79 Å². The molecule has 1 aliphatic heterocycles. The number of imidazole rings is 1. The van der Waals surface area contributed by atoms with Gasteiger partial charge in [0.2, 0.25) is 5.95 Å². The highest BCUT2D eigenvalue weighted by Crippen LogP contribution is 2.22. The Balaban J connectivity index is 1.41. The molecule has 1 fully saturated rings. The molecule has 6 nitrogen and oxygen atoms in total. The van der Waals surface area contributed by atoms with Crippen LogP contribution in [0.25, 0.3) is 11.0 Å². The van der Waals surface area contributed by atoms with Crippen LogP contribution in [0.5, 0.6) is 0 Å². The van der Waals surface area contributed by atoms with Crippen molar-refractivity contribution in [2.75, 3.05) is 37.6 Å². The van der Waals surface area contributed by atoms with Gasteiger partial charge in [-0.15, -0.1) is 0 Å². The summed E-state index contributed by atoms with van der Waals surface area (Å²) in [5.41, 5.74) is 8.81. The van der Waals surface area contributed by atoms with Crippen molar-refractivity contribution < 1.29 is 4.79 Å². The fraction of sp³-hybridized carbons (Fsp3) is 0.333. The standard InChI is InChI=1S/C21H24BrN5O/c22-16-7-5-15(6-8-16)9-12-26-10-2-11-27(14-13-26)21-24-18-4-1-3-17(20(23)28)19(18)25-21/h1,3-8H,2,9-14H2,(H2,23,28)(H,24,25). The zero-order chi connectivity index (χ0) is 19.5. The number of amides is 1. The van der Waals surface area contributed by atoms with E-state index in [-0.39, 0.29) is 0 Å². The van der Waals surface area contributed by atoms with E-state index in [1.807, 2.05) is 12.1 Å². The van der Waals surface area contributed by atoms with E-state index in [2.05, 4.69) is 60.0 Å². The highest BCUT2D eigenvalue weighted by molar-refractivity contribution is 9.10. The molecule has 0 bridgehead atoms. The molecule has 2 aromatic carbocycles. The summed E-state index contributed by atoms with van der Waals surface area (Å²) in [5, 5.41) is 0. The number of benzene rings is 2. The van der Waals surface area contributed by atoms with Gasteiger partial charge < -0.3 is 20.5 Å². The zero-order valence-electron chi connectivity index (χ0n) is 15.7. The molecule has 1 amide bonds. The van der Waals surface area contributed by atoms with E-state index in [0.29, 0.717) is 11.1 Å². The van der Waals surface area contributed by atoms with Gasteiger partial charge >= 0.3 is 0 Å². The summed E-state index contributed by atoms with van der Waals surface area (Å²) in [6.45, 7) is 4.99. The van der Waals surface area contributed by atoms with Crippen LogP contribution in [-0.4, -0.2) is 53.5 Å². The minimum atomic E-state index is -0.446. The number of nitrogens with zero attached hydrogens (tertiary/aromatic N) is 3. The number of carbonyl (C=O) groups excluding carboxylic acids is 1. The maximum absolute atomic E-state index is 11.7. The topological polar surface area (TPSA) is 78.2 Å². The Morgan fingerprint density at radius 1 is 1.11 bits per heavy atom. The number of hydrogen-bond donors (Lipinski definition) is 2. The van der Waals surface area contributed by atoms with Crippen molar-refractivity contribution in [1.82, 2.24) is 14.9 Å². The van der Waals surface area contributed by atoms with Crippen LogP contribution >= 0.6 is 15.9 Å². The Bertz CT molecular complexity index is 969. The second kappa shape index (κ2) is 8.32. The van der Waals surface area contributed by atoms with Crippen molar-refractivity contribution in [3.63, 3.8) is 0 Å². The van der Waals surface area contributed by atoms with Crippen molar-refractivity contribution in [1.29, 1.82) is 0 Å². The number of nitrogens with two attached hydrogens (primary N) is 1. The van der Waals surface area contributed by atoms with Crippen LogP contribution in [0, 0.1) is 0 Å². The van der Waals surface area contributed by atoms with Gasteiger partial charge in [0.25, 0.3) is 5.91 Å². The number of aromatic amines is 1. The number of aromatic nitrogens is 2. The van der Waals surface area contributed by atoms with Gasteiger partial charge in [-0.3, -0.25) is 4.79 Å². The number of primary amides is 1. The van der Waals surface area contributed by atoms with E-state index >= 15 is 0 Å². The zero-order valence-corrected chi connectivity index (χ0v) is 17.3. The van der Waals surface area contributed by atoms with Crippen LogP contribution in [0.4, 0.5) is 5.95 Å². The fourth-order valence-corrected chi connectivity index (χ4v) is 3.98. The molecular weight excluding hydrogens is 418 g/mol. The molecule has 1 aromatic heterocycles. The monoisotopic (exact) mass is 441 g/mol. The second-order valence-electron chi connectivity index (χ2n) is 7.19. The van der Waals surface area contributed by atoms with Gasteiger partial charge in [0.15, 0.2) is 0 Å². The molecule has 28 heavy (non-hydrogen) atoms. The molecule has 2 heterocycles. The molecule has 3 N–H and O–H groups in total. The number of fused-ring (bicyclic) bond motifs is 1. The molecule has 0 unspecified atom stereocenters. The first-order chi connectivity index (χ1) is 13.6. The molecule has 0 saturated carbocycles. The summed E-state index contributed by atoms with van der Waals surface area (Å²) in [6.07, 6.45) is 2.14. The maximum atomic E-state index is 11.7. The van der Waals surface area contributed by atoms with E-state index in [1.54, 1.807) is 6.07 Å². The molecule has 0 radical (unpaired) electrons. The lowest BCUT2D eigenvalue weighted by Gasteiger charge is -2.21. The highest BCUT2D eigenvalue weighted by Gasteiger charge is 2.19. The SMILES string of the molecule is NC(=O)c1cccc2[nH]c(N3CCCN(CCc4ccc(Br)cc4)CC3)nc12. The first kappa shape index (κ1) is 19.0. The predicted molar refractivity (Wildman–Crippen MR) is 116 cm³/mol. The molecule has 4 rings (SSSR count). The Kier molecular flexibility index (Phi) is 5.64. The molecule has 0 aliphatic carbocycles. The summed E-state index contributed by atoms with van der Waals surface area (Å²) in [5.74, 6) is 0.372. The number of nitrogens with one attached hydrogen (secondary N) is 1. The Morgan fingerprint density at radius 3 is 2.71 bits per heavy atom. The smallest absolute Gasteiger partial charge is 0.250 e. The highest BCUT2D eigenvalue weighted by atomic mass is 79.9. The lowest BCUT2D eigenvalue weighted by Crippen LogP contribution is -2.32. The maximum Gasteiger partial charge on any atom is 0.250 e. The van der Waals surface area contributed by atoms with Gasteiger partial charge in [-0.25, -0.2) is 4.98 Å². The molecule has 0 spiro atoms. The summed E-state index contributed by atoms with van der Waals surface area (Å²) in [4.78, 5) is 24.5. The van der Waals surface area contributed by atoms with E-state index in [4.69, 9.17) is 5.73 Å². The van der Waals surface area contributed by atoms with E-state index < -0.39 is 5.91 Å². The first-order valence-corrected chi connectivity index (χ1v) is 10.4. The molecule has 1 saturated heterocycles. The van der Waals surface area contributed by atoms with Crippen LogP contribution in [0.3, 0.4) is 0 Å². The average Bonchev–Trinajstić information content (AvgIpc) is 2.99. The van der Waals surface area contributed by atoms with Gasteiger partial charge in [-0.1, -0.05) is 34.1 Å². The molecule has 0 atom stereocenters. The van der Waals surface area contributed by atoms with E-state index in [0.717, 1.165) is 61.5 Å². The number of para-hydroxylation sites is 1. The summed E-state index contributed by atoms with van der Waals surface area (Å²) in [6, 6.07) is 14.0. The van der Waals surface area contributed by atoms with Crippen molar-refractivity contribution in [3.05, 3.63) is 58.1 Å². The summed E-state index contributed by atoms with van der Waals surface area (Å²) in [7, 11) is 0. The lowest BCUT2D eigenvalue weighted by atomic mass is 10.1. The third-order valence-corrected chi connectivity index (χ3v) is 5.81. The van der Waals surface area contributed by atoms with Gasteiger partial charge in [0.05, 0.1) is 11.1 Å². The number of carbonyl (C=O) groups is 1. The third-order valence-electron chi connectivity index (χ3n) is 5.28. The summed E-state index contributed by atoms with van der Waals surface area (Å²) < 4.78 is 1.12. The summed E-state index contributed by atoms with van der Waals surface area (Å²) >= 11 is 3.49. The van der Waals surface area contributed by atoms with Crippen LogP contribution < -0.4 is 10.6 Å². The van der Waals surface area contributed by atoms with Gasteiger partial charge in [-0.05, 0) is 49.2 Å². The van der Waals surface area contributed by atoms with Crippen molar-refractivity contribution >= 4 is 38.8 Å². The molecule has 1 aliphatic rings. The van der Waals surface area contributed by atoms with Crippen LogP contribution in [-0.2, 0) is 6.42 Å². The molecule has 146 valence electrons. The third kappa shape index (κ3) is 4.20. The predicted octanol–water partition coefficient (Wildman–Crippen LogP) is 3.18. The Hall–Kier alpha value is -2.38. The quantitative estimate of drug-likeness (QED) is 0.637.